The van der Waals surface area contributed by atoms with E-state index in [0.29, 0.717) is 12.0 Å². The predicted molar refractivity (Wildman–Crippen MR) is 190 cm³/mol. The molecule has 11 heteroatoms. The molecular weight excluding hydrogens is 698 g/mol. The second kappa shape index (κ2) is 15.7. The third kappa shape index (κ3) is 7.14. The van der Waals surface area contributed by atoms with Crippen molar-refractivity contribution in [2.24, 2.45) is 29.6 Å². The molecule has 12 atom stereocenters. The van der Waals surface area contributed by atoms with E-state index >= 15 is 0 Å². The molecule has 53 heavy (non-hydrogen) atoms. The third-order valence-corrected chi connectivity index (χ3v) is 11.8. The molecule has 4 bridgehead atoms. The normalized spacial score (nSPS) is 35.8. The van der Waals surface area contributed by atoms with Crippen molar-refractivity contribution in [3.05, 3.63) is 102 Å². The Balaban J connectivity index is 0.00000481. The number of methoxy groups -OCH3 is 1. The second-order valence-electron chi connectivity index (χ2n) is 14.9. The van der Waals surface area contributed by atoms with Gasteiger partial charge in [0.2, 0.25) is 6.54 Å². The molecule has 0 radical (unpaired) electrons. The fraction of sp³-hybridized carbons (Fsp3) is 0.476. The topological polar surface area (TPSA) is 121 Å². The molecule has 3 aliphatic carbocycles. The highest BCUT2D eigenvalue weighted by Gasteiger charge is 2.69. The number of esters is 3. The van der Waals surface area contributed by atoms with E-state index < -0.39 is 66.1 Å². The van der Waals surface area contributed by atoms with Crippen molar-refractivity contribution < 1.29 is 60.1 Å². The second-order valence-corrected chi connectivity index (χ2v) is 14.9. The zero-order chi connectivity index (χ0) is 36.7. The van der Waals surface area contributed by atoms with Crippen LogP contribution in [-0.4, -0.2) is 72.3 Å². The summed E-state index contributed by atoms with van der Waals surface area (Å²) < 4.78 is 32.7. The van der Waals surface area contributed by atoms with Crippen molar-refractivity contribution in [3.63, 3.8) is 0 Å². The fourth-order valence-electron chi connectivity index (χ4n) is 9.13. The molecule has 2 aromatic rings. The number of halogens is 1. The Hall–Kier alpha value is -4.09. The Labute approximate surface area is 316 Å². The van der Waals surface area contributed by atoms with Gasteiger partial charge in [0.15, 0.2) is 18.5 Å². The lowest BCUT2D eigenvalue weighted by Gasteiger charge is -2.49. The van der Waals surface area contributed by atoms with Crippen LogP contribution >= 0.6 is 0 Å². The molecule has 1 saturated carbocycles. The predicted octanol–water partition coefficient (Wildman–Crippen LogP) is 1.85. The van der Waals surface area contributed by atoms with Gasteiger partial charge in [0.1, 0.15) is 30.0 Å². The molecule has 0 amide bonds. The molecule has 1 aromatic carbocycles. The van der Waals surface area contributed by atoms with E-state index in [9.17, 15) is 19.5 Å². The summed E-state index contributed by atoms with van der Waals surface area (Å²) in [6.45, 7) is 7.52. The Kier molecular flexibility index (Phi) is 11.5. The Morgan fingerprint density at radius 3 is 2.47 bits per heavy atom. The van der Waals surface area contributed by atoms with Crippen LogP contribution in [0.15, 0.2) is 102 Å². The number of aromatic nitrogens is 1. The molecule has 3 heterocycles. The fourth-order valence-corrected chi connectivity index (χ4v) is 9.13. The molecule has 2 aliphatic heterocycles. The number of aliphatic hydroxyl groups is 1. The van der Waals surface area contributed by atoms with Gasteiger partial charge in [-0.15, -0.1) is 0 Å². The number of aliphatic hydroxyl groups excluding tert-OH is 1. The van der Waals surface area contributed by atoms with E-state index in [1.807, 2.05) is 93.9 Å². The molecule has 5 aliphatic rings. The lowest BCUT2D eigenvalue weighted by molar-refractivity contribution is -0.686. The van der Waals surface area contributed by atoms with E-state index in [4.69, 9.17) is 23.7 Å². The van der Waals surface area contributed by atoms with Crippen LogP contribution in [0, 0.1) is 29.6 Å². The first kappa shape index (κ1) is 38.6. The highest BCUT2D eigenvalue weighted by atomic mass is 35.5. The number of ether oxygens (including phenoxy) is 5. The minimum absolute atomic E-state index is 0. The summed E-state index contributed by atoms with van der Waals surface area (Å²) in [5.41, 5.74) is 2.56. The summed E-state index contributed by atoms with van der Waals surface area (Å²) in [5, 5.41) is 12.0. The SMILES string of the molecule is CO[C@H]1C[C@H]2C=C[C@H]3[C@H]4O[C@]2(/C(C)=C/[C@@H](C)[C@@H]([C@@H](C)OC(=O)C[n+]2ccc(-c5ccccc5)cc2)OC1=O)[C@@H]3[C@H](O)[C@@H](C)[C@H]4OC(=O)C1=CC=CC1.[Cl-]. The number of nitrogens with zero attached hydrogens (tertiary/aromatic N) is 1. The van der Waals surface area contributed by atoms with E-state index in [1.165, 1.54) is 7.11 Å². The maximum absolute atomic E-state index is 13.8. The van der Waals surface area contributed by atoms with Crippen LogP contribution in [0.2, 0.25) is 0 Å². The molecule has 282 valence electrons. The number of carbonyl (C=O) groups excluding carboxylic acids is 3. The van der Waals surface area contributed by atoms with Crippen LogP contribution in [0.5, 0.6) is 0 Å². The molecule has 2 fully saturated rings. The maximum atomic E-state index is 13.8. The van der Waals surface area contributed by atoms with Gasteiger partial charge in [-0.1, -0.05) is 80.6 Å². The van der Waals surface area contributed by atoms with Gasteiger partial charge < -0.3 is 41.2 Å². The van der Waals surface area contributed by atoms with Gasteiger partial charge in [0.25, 0.3) is 0 Å². The summed E-state index contributed by atoms with van der Waals surface area (Å²) in [6, 6.07) is 13.9. The number of pyridine rings is 1. The van der Waals surface area contributed by atoms with E-state index in [-0.39, 0.29) is 49.0 Å². The number of hydrogen-bond acceptors (Lipinski definition) is 9. The Morgan fingerprint density at radius 2 is 1.79 bits per heavy atom. The van der Waals surface area contributed by atoms with E-state index in [0.717, 1.165) is 16.7 Å². The standard InChI is InChI=1S/C42H48NO9.ClH/c1-24-21-25(2)42-31(15-16-32-35(42)36(45)26(3)38(39(32)52-42)51-40(46)30-13-9-10-14-30)22-33(48-5)41(47)50-37(24)27(4)49-34(44)23-43-19-17-29(18-20-43)28-11-7-6-8-12-28;/h6-13,15-21,24,26-27,31-33,35-39,45H,14,22-23H2,1-5H3;1H/q+1;/p-1/b25-21+;/t24-,26-,27-,31-,32-,33+,35+,36-,37+,38-,39-,42+;/m1./s1. The van der Waals surface area contributed by atoms with Crippen LogP contribution in [0.1, 0.15) is 40.5 Å². The lowest BCUT2D eigenvalue weighted by atomic mass is 9.57. The molecule has 1 spiro atoms. The number of benzene rings is 1. The summed E-state index contributed by atoms with van der Waals surface area (Å²) in [6.07, 6.45) is 11.5. The quantitative estimate of drug-likeness (QED) is 0.187. The number of rotatable bonds is 8. The highest BCUT2D eigenvalue weighted by molar-refractivity contribution is 5.90. The van der Waals surface area contributed by atoms with Crippen LogP contribution < -0.4 is 17.0 Å². The van der Waals surface area contributed by atoms with E-state index in [1.54, 1.807) is 17.6 Å². The molecule has 1 saturated heterocycles. The van der Waals surface area contributed by atoms with Crippen LogP contribution in [0.3, 0.4) is 0 Å². The van der Waals surface area contributed by atoms with E-state index in [2.05, 4.69) is 12.2 Å². The average molecular weight is 746 g/mol. The van der Waals surface area contributed by atoms with Crippen molar-refractivity contribution in [1.82, 2.24) is 0 Å². The smallest absolute Gasteiger partial charge is 0.373 e. The number of hydrogen-bond donors (Lipinski definition) is 1. The van der Waals surface area contributed by atoms with Crippen molar-refractivity contribution >= 4 is 17.9 Å². The van der Waals surface area contributed by atoms with Crippen LogP contribution in [0.4, 0.5) is 0 Å². The summed E-state index contributed by atoms with van der Waals surface area (Å²) in [4.78, 5) is 40.1. The van der Waals surface area contributed by atoms with Gasteiger partial charge in [0.05, 0.1) is 6.10 Å². The number of carbonyl (C=O) groups is 3. The average Bonchev–Trinajstić information content (AvgIpc) is 3.74. The van der Waals surface area contributed by atoms with Crippen LogP contribution in [-0.2, 0) is 44.6 Å². The minimum Gasteiger partial charge on any atom is -1.00 e. The zero-order valence-corrected chi connectivity index (χ0v) is 31.4. The first-order chi connectivity index (χ1) is 25.0. The van der Waals surface area contributed by atoms with Gasteiger partial charge in [-0.3, -0.25) is 0 Å². The molecule has 1 aromatic heterocycles. The number of cyclic esters (lactones) is 1. The first-order valence-electron chi connectivity index (χ1n) is 18.3. The summed E-state index contributed by atoms with van der Waals surface area (Å²) in [7, 11) is 1.47. The van der Waals surface area contributed by atoms with Crippen molar-refractivity contribution in [2.45, 2.75) is 89.3 Å². The zero-order valence-electron chi connectivity index (χ0n) is 30.7. The Morgan fingerprint density at radius 1 is 1.08 bits per heavy atom. The summed E-state index contributed by atoms with van der Waals surface area (Å²) >= 11 is 0. The maximum Gasteiger partial charge on any atom is 0.373 e. The van der Waals surface area contributed by atoms with Crippen molar-refractivity contribution in [2.75, 3.05) is 7.11 Å². The van der Waals surface area contributed by atoms with Gasteiger partial charge in [-0.05, 0) is 43.4 Å². The lowest BCUT2D eigenvalue weighted by Crippen LogP contribution is -3.00. The van der Waals surface area contributed by atoms with Crippen molar-refractivity contribution in [1.29, 1.82) is 0 Å². The molecular formula is C42H48ClNO9. The molecule has 0 unspecified atom stereocenters. The van der Waals surface area contributed by atoms with Gasteiger partial charge in [-0.25, -0.2) is 14.4 Å². The minimum atomic E-state index is -0.997. The third-order valence-electron chi connectivity index (χ3n) is 11.8. The summed E-state index contributed by atoms with van der Waals surface area (Å²) in [5.74, 6) is -3.13. The molecule has 1 N–H and O–H groups in total. The highest BCUT2D eigenvalue weighted by Crippen LogP contribution is 2.61. The Bertz CT molecular complexity index is 1810. The monoisotopic (exact) mass is 745 g/mol. The van der Waals surface area contributed by atoms with Gasteiger partial charge >= 0.3 is 17.9 Å². The largest absolute Gasteiger partial charge is 1.00 e. The number of allylic oxidation sites excluding steroid dienone is 3. The molecule has 7 rings (SSSR count). The first-order valence-corrected chi connectivity index (χ1v) is 18.3. The van der Waals surface area contributed by atoms with Gasteiger partial charge in [-0.2, -0.15) is 4.57 Å². The van der Waals surface area contributed by atoms with Crippen LogP contribution in [0.25, 0.3) is 11.1 Å². The van der Waals surface area contributed by atoms with Crippen molar-refractivity contribution in [3.8, 4) is 11.1 Å². The molecule has 10 nitrogen and oxygen atoms in total. The van der Waals surface area contributed by atoms with Gasteiger partial charge in [0, 0.05) is 54.4 Å².